The number of nitrogens with zero attached hydrogens (tertiary/aromatic N) is 1. The third kappa shape index (κ3) is 1.96. The number of benzene rings is 1. The number of rotatable bonds is 2. The van der Waals surface area contributed by atoms with Gasteiger partial charge in [0.2, 0.25) is 0 Å². The molecule has 6 heteroatoms. The zero-order chi connectivity index (χ0) is 12.6. The Bertz CT molecular complexity index is 537. The summed E-state index contributed by atoms with van der Waals surface area (Å²) < 4.78 is 5.50. The number of nitro groups is 1. The van der Waals surface area contributed by atoms with E-state index in [0.717, 1.165) is 0 Å². The summed E-state index contributed by atoms with van der Waals surface area (Å²) in [6.45, 7) is 1.81. The quantitative estimate of drug-likeness (QED) is 0.351. The van der Waals surface area contributed by atoms with Gasteiger partial charge in [0.25, 0.3) is 5.69 Å². The number of nitrogens with two attached hydrogens (primary N) is 1. The summed E-state index contributed by atoms with van der Waals surface area (Å²) >= 11 is 0. The van der Waals surface area contributed by atoms with E-state index in [1.54, 1.807) is 6.08 Å². The van der Waals surface area contributed by atoms with Gasteiger partial charge in [-0.3, -0.25) is 15.5 Å². The van der Waals surface area contributed by atoms with Gasteiger partial charge >= 0.3 is 0 Å². The molecule has 1 aromatic rings. The van der Waals surface area contributed by atoms with Crippen molar-refractivity contribution in [3.63, 3.8) is 0 Å². The molecule has 0 saturated heterocycles. The van der Waals surface area contributed by atoms with Crippen LogP contribution in [0, 0.1) is 15.5 Å². The highest BCUT2D eigenvalue weighted by molar-refractivity contribution is 6.21. The second-order valence-electron chi connectivity index (χ2n) is 3.75. The summed E-state index contributed by atoms with van der Waals surface area (Å²) in [5.74, 6) is 0.387. The first kappa shape index (κ1) is 11.1. The van der Waals surface area contributed by atoms with Gasteiger partial charge in [-0.15, -0.1) is 0 Å². The summed E-state index contributed by atoms with van der Waals surface area (Å²) in [7, 11) is 0. The van der Waals surface area contributed by atoms with E-state index in [-0.39, 0.29) is 17.6 Å². The highest BCUT2D eigenvalue weighted by atomic mass is 16.6. The lowest BCUT2D eigenvalue weighted by Gasteiger charge is -2.22. The Hall–Kier alpha value is -2.37. The molecule has 1 aliphatic heterocycles. The fourth-order valence-corrected chi connectivity index (χ4v) is 1.74. The highest BCUT2D eigenvalue weighted by Crippen LogP contribution is 2.34. The minimum atomic E-state index is -0.490. The van der Waals surface area contributed by atoms with Crippen LogP contribution in [0.15, 0.2) is 24.3 Å². The van der Waals surface area contributed by atoms with E-state index in [0.29, 0.717) is 16.9 Å². The standard InChI is InChI=1S/C11H11N3O3/c1-6-4-9(11(12)13)8-5-7(14(15)16)2-3-10(8)17-6/h2-6H,1H3,(H3,12,13). The van der Waals surface area contributed by atoms with Crippen molar-refractivity contribution in [2.75, 3.05) is 0 Å². The molecule has 88 valence electrons. The first-order valence-corrected chi connectivity index (χ1v) is 5.00. The average molecular weight is 233 g/mol. The minimum Gasteiger partial charge on any atom is -0.486 e. The number of nitrogens with one attached hydrogen (secondary N) is 1. The second kappa shape index (κ2) is 3.89. The van der Waals surface area contributed by atoms with Crippen LogP contribution in [-0.2, 0) is 0 Å². The number of nitro benzene ring substituents is 1. The number of amidine groups is 1. The van der Waals surface area contributed by atoms with E-state index in [4.69, 9.17) is 15.9 Å². The fourth-order valence-electron chi connectivity index (χ4n) is 1.74. The molecule has 0 aliphatic carbocycles. The molecule has 6 nitrogen and oxygen atoms in total. The predicted octanol–water partition coefficient (Wildman–Crippen LogP) is 1.70. The normalized spacial score (nSPS) is 17.7. The number of hydrogen-bond donors (Lipinski definition) is 2. The molecule has 1 unspecified atom stereocenters. The Balaban J connectivity index is 2.58. The lowest BCUT2D eigenvalue weighted by Crippen LogP contribution is -2.21. The molecule has 3 N–H and O–H groups in total. The molecule has 0 spiro atoms. The number of fused-ring (bicyclic) bond motifs is 1. The fraction of sp³-hybridized carbons (Fsp3) is 0.182. The zero-order valence-corrected chi connectivity index (χ0v) is 9.14. The van der Waals surface area contributed by atoms with Crippen LogP contribution in [0.3, 0.4) is 0 Å². The van der Waals surface area contributed by atoms with Gasteiger partial charge in [0.1, 0.15) is 17.7 Å². The van der Waals surface area contributed by atoms with Crippen LogP contribution >= 0.6 is 0 Å². The molecule has 2 rings (SSSR count). The largest absolute Gasteiger partial charge is 0.486 e. The molecule has 0 amide bonds. The van der Waals surface area contributed by atoms with Gasteiger partial charge in [0.05, 0.1) is 4.92 Å². The summed E-state index contributed by atoms with van der Waals surface area (Å²) in [6, 6.07) is 4.27. The molecule has 1 heterocycles. The molecule has 0 aromatic heterocycles. The van der Waals surface area contributed by atoms with Crippen molar-refractivity contribution in [3.05, 3.63) is 40.0 Å². The van der Waals surface area contributed by atoms with E-state index in [1.807, 2.05) is 6.92 Å². The number of ether oxygens (including phenoxy) is 1. The molecule has 0 saturated carbocycles. The van der Waals surface area contributed by atoms with Crippen LogP contribution in [0.25, 0.3) is 5.57 Å². The Morgan fingerprint density at radius 1 is 1.59 bits per heavy atom. The lowest BCUT2D eigenvalue weighted by atomic mass is 9.99. The van der Waals surface area contributed by atoms with Gasteiger partial charge in [-0.1, -0.05) is 0 Å². The molecule has 0 radical (unpaired) electrons. The maximum Gasteiger partial charge on any atom is 0.270 e. The van der Waals surface area contributed by atoms with Crippen LogP contribution < -0.4 is 10.5 Å². The highest BCUT2D eigenvalue weighted by Gasteiger charge is 2.22. The number of non-ortho nitro benzene ring substituents is 1. The van der Waals surface area contributed by atoms with Crippen molar-refractivity contribution in [1.82, 2.24) is 0 Å². The molecule has 1 aromatic carbocycles. The maximum absolute atomic E-state index is 10.7. The van der Waals surface area contributed by atoms with Crippen LogP contribution in [0.2, 0.25) is 0 Å². The van der Waals surface area contributed by atoms with E-state index in [1.165, 1.54) is 18.2 Å². The zero-order valence-electron chi connectivity index (χ0n) is 9.14. The topological polar surface area (TPSA) is 102 Å². The van der Waals surface area contributed by atoms with E-state index in [9.17, 15) is 10.1 Å². The summed E-state index contributed by atoms with van der Waals surface area (Å²) in [5.41, 5.74) is 6.38. The van der Waals surface area contributed by atoms with Crippen molar-refractivity contribution in [2.24, 2.45) is 5.73 Å². The van der Waals surface area contributed by atoms with Crippen molar-refractivity contribution >= 4 is 17.1 Å². The summed E-state index contributed by atoms with van der Waals surface area (Å²) in [5, 5.41) is 18.2. The molecule has 1 atom stereocenters. The molecular weight excluding hydrogens is 222 g/mol. The molecule has 0 fully saturated rings. The van der Waals surface area contributed by atoms with Gasteiger partial charge in [-0.2, -0.15) is 0 Å². The van der Waals surface area contributed by atoms with Gasteiger partial charge in [-0.25, -0.2) is 0 Å². The molecule has 0 bridgehead atoms. The van der Waals surface area contributed by atoms with E-state index < -0.39 is 4.92 Å². The van der Waals surface area contributed by atoms with E-state index in [2.05, 4.69) is 0 Å². The first-order valence-electron chi connectivity index (χ1n) is 5.00. The SMILES string of the molecule is CC1C=C(C(=N)N)c2cc([N+](=O)[O-])ccc2O1. The molecule has 17 heavy (non-hydrogen) atoms. The van der Waals surface area contributed by atoms with Crippen LogP contribution in [0.4, 0.5) is 5.69 Å². The van der Waals surface area contributed by atoms with Crippen molar-refractivity contribution in [2.45, 2.75) is 13.0 Å². The first-order chi connectivity index (χ1) is 7.99. The van der Waals surface area contributed by atoms with Crippen molar-refractivity contribution in [1.29, 1.82) is 5.41 Å². The second-order valence-corrected chi connectivity index (χ2v) is 3.75. The monoisotopic (exact) mass is 233 g/mol. The summed E-state index contributed by atoms with van der Waals surface area (Å²) in [6.07, 6.45) is 1.47. The third-order valence-corrected chi connectivity index (χ3v) is 2.47. The average Bonchev–Trinajstić information content (AvgIpc) is 2.26. The number of hydrogen-bond acceptors (Lipinski definition) is 4. The lowest BCUT2D eigenvalue weighted by molar-refractivity contribution is -0.384. The van der Waals surface area contributed by atoms with Crippen molar-refractivity contribution < 1.29 is 9.66 Å². The Labute approximate surface area is 97.4 Å². The third-order valence-electron chi connectivity index (χ3n) is 2.47. The Morgan fingerprint density at radius 3 is 2.88 bits per heavy atom. The van der Waals surface area contributed by atoms with Gasteiger partial charge in [0, 0.05) is 23.3 Å². The van der Waals surface area contributed by atoms with Crippen LogP contribution in [0.1, 0.15) is 12.5 Å². The van der Waals surface area contributed by atoms with Gasteiger partial charge in [-0.05, 0) is 19.1 Å². The predicted molar refractivity (Wildman–Crippen MR) is 63.1 cm³/mol. The molecule has 1 aliphatic rings. The summed E-state index contributed by atoms with van der Waals surface area (Å²) in [4.78, 5) is 10.2. The van der Waals surface area contributed by atoms with Gasteiger partial charge in [0.15, 0.2) is 0 Å². The van der Waals surface area contributed by atoms with Gasteiger partial charge < -0.3 is 10.5 Å². The smallest absolute Gasteiger partial charge is 0.270 e. The van der Waals surface area contributed by atoms with E-state index >= 15 is 0 Å². The maximum atomic E-state index is 10.7. The Kier molecular flexibility index (Phi) is 2.55. The van der Waals surface area contributed by atoms with Crippen molar-refractivity contribution in [3.8, 4) is 5.75 Å². The Morgan fingerprint density at radius 2 is 2.29 bits per heavy atom. The minimum absolute atomic E-state index is 0.0472. The van der Waals surface area contributed by atoms with Crippen LogP contribution in [0.5, 0.6) is 5.75 Å². The van der Waals surface area contributed by atoms with Crippen LogP contribution in [-0.4, -0.2) is 16.9 Å². The molecular formula is C11H11N3O3.